The van der Waals surface area contributed by atoms with Crippen LogP contribution in [0.15, 0.2) is 0 Å². The van der Waals surface area contributed by atoms with Crippen LogP contribution in [0.3, 0.4) is 0 Å². The highest BCUT2D eigenvalue weighted by molar-refractivity contribution is 5.80. The van der Waals surface area contributed by atoms with Crippen LogP contribution in [0.25, 0.3) is 0 Å². The minimum absolute atomic E-state index is 0.376. The number of amides is 1. The molecule has 4 atom stereocenters. The number of aliphatic hydroxyl groups is 4. The molecular weight excluding hydrogens is 683 g/mol. The average Bonchev–Trinajstić information content (AvgIpc) is 3.19. The van der Waals surface area contributed by atoms with Gasteiger partial charge in [-0.15, -0.1) is 0 Å². The van der Waals surface area contributed by atoms with Crippen LogP contribution in [0.5, 0.6) is 0 Å². The van der Waals surface area contributed by atoms with Gasteiger partial charge in [-0.3, -0.25) is 4.79 Å². The van der Waals surface area contributed by atoms with Crippen LogP contribution in [0.1, 0.15) is 277 Å². The lowest BCUT2D eigenvalue weighted by atomic mass is 9.99. The lowest BCUT2D eigenvalue weighted by Crippen LogP contribution is -2.53. The van der Waals surface area contributed by atoms with Gasteiger partial charge in [-0.05, 0) is 12.8 Å². The van der Waals surface area contributed by atoms with E-state index in [0.717, 1.165) is 38.5 Å². The summed E-state index contributed by atoms with van der Waals surface area (Å²) in [6, 6.07) is -0.979. The standard InChI is InChI=1S/C49H99NO5/c1-3-5-7-9-11-13-15-17-19-21-23-24-25-27-28-30-32-34-36-38-40-42-46(52)48(54)45(44-51)50-49(55)47(53)43-41-39-37-35-33-31-29-26-22-20-18-16-14-12-10-8-6-4-2/h45-48,51-54H,3-44H2,1-2H3,(H,50,55). The Kier molecular flexibility index (Phi) is 43.9. The van der Waals surface area contributed by atoms with Gasteiger partial charge in [0.15, 0.2) is 0 Å². The van der Waals surface area contributed by atoms with Gasteiger partial charge in [0.2, 0.25) is 5.91 Å². The number of hydrogen-bond acceptors (Lipinski definition) is 5. The molecule has 0 spiro atoms. The summed E-state index contributed by atoms with van der Waals surface area (Å²) in [7, 11) is 0. The Labute approximate surface area is 343 Å². The molecule has 55 heavy (non-hydrogen) atoms. The first-order chi connectivity index (χ1) is 27.0. The Morgan fingerprint density at radius 2 is 0.618 bits per heavy atom. The highest BCUT2D eigenvalue weighted by atomic mass is 16.3. The third-order valence-electron chi connectivity index (χ3n) is 12.1. The van der Waals surface area contributed by atoms with Gasteiger partial charge in [-0.25, -0.2) is 0 Å². The predicted octanol–water partition coefficient (Wildman–Crippen LogP) is 13.6. The molecule has 0 rings (SSSR count). The first-order valence-electron chi connectivity index (χ1n) is 24.9. The van der Waals surface area contributed by atoms with Gasteiger partial charge >= 0.3 is 0 Å². The third kappa shape index (κ3) is 38.6. The maximum absolute atomic E-state index is 12.5. The minimum Gasteiger partial charge on any atom is -0.394 e. The highest BCUT2D eigenvalue weighted by Crippen LogP contribution is 2.18. The molecule has 0 saturated carbocycles. The molecule has 6 nitrogen and oxygen atoms in total. The topological polar surface area (TPSA) is 110 Å². The second-order valence-electron chi connectivity index (χ2n) is 17.5. The van der Waals surface area contributed by atoms with E-state index in [-0.39, 0.29) is 0 Å². The Morgan fingerprint density at radius 1 is 0.382 bits per heavy atom. The normalized spacial score (nSPS) is 13.9. The van der Waals surface area contributed by atoms with E-state index in [1.807, 2.05) is 0 Å². The van der Waals surface area contributed by atoms with Gasteiger partial charge in [0.05, 0.1) is 18.8 Å². The fourth-order valence-corrected chi connectivity index (χ4v) is 8.11. The van der Waals surface area contributed by atoms with E-state index in [4.69, 9.17) is 0 Å². The van der Waals surface area contributed by atoms with E-state index in [1.54, 1.807) is 0 Å². The van der Waals surface area contributed by atoms with E-state index in [1.165, 1.54) is 212 Å². The summed E-state index contributed by atoms with van der Waals surface area (Å²) in [6.45, 7) is 4.08. The molecule has 0 bridgehead atoms. The molecule has 0 fully saturated rings. The van der Waals surface area contributed by atoms with Crippen molar-refractivity contribution < 1.29 is 25.2 Å². The number of aliphatic hydroxyl groups excluding tert-OH is 4. The summed E-state index contributed by atoms with van der Waals surface area (Å²) in [5.41, 5.74) is 0. The Morgan fingerprint density at radius 3 is 0.873 bits per heavy atom. The molecule has 0 aliphatic rings. The zero-order valence-corrected chi connectivity index (χ0v) is 37.2. The van der Waals surface area contributed by atoms with Crippen molar-refractivity contribution in [1.82, 2.24) is 5.32 Å². The van der Waals surface area contributed by atoms with Crippen LogP contribution in [-0.4, -0.2) is 57.3 Å². The van der Waals surface area contributed by atoms with Crippen molar-refractivity contribution in [2.45, 2.75) is 301 Å². The molecule has 6 heteroatoms. The molecular formula is C49H99NO5. The second-order valence-corrected chi connectivity index (χ2v) is 17.5. The van der Waals surface area contributed by atoms with Gasteiger partial charge < -0.3 is 25.7 Å². The molecule has 0 saturated heterocycles. The van der Waals surface area contributed by atoms with Crippen LogP contribution in [0, 0.1) is 0 Å². The summed E-state index contributed by atoms with van der Waals surface area (Å²) in [5, 5.41) is 43.9. The van der Waals surface area contributed by atoms with Crippen molar-refractivity contribution in [3.63, 3.8) is 0 Å². The molecule has 1 amide bonds. The van der Waals surface area contributed by atoms with E-state index < -0.39 is 36.9 Å². The molecule has 0 radical (unpaired) electrons. The number of rotatable bonds is 46. The molecule has 4 unspecified atom stereocenters. The Balaban J connectivity index is 3.64. The Bertz CT molecular complexity index is 751. The minimum atomic E-state index is -1.25. The zero-order chi connectivity index (χ0) is 40.3. The molecule has 5 N–H and O–H groups in total. The van der Waals surface area contributed by atoms with Crippen LogP contribution in [0.2, 0.25) is 0 Å². The van der Waals surface area contributed by atoms with Crippen molar-refractivity contribution >= 4 is 5.91 Å². The Hall–Kier alpha value is -0.690. The van der Waals surface area contributed by atoms with E-state index in [9.17, 15) is 25.2 Å². The largest absolute Gasteiger partial charge is 0.394 e. The van der Waals surface area contributed by atoms with Crippen molar-refractivity contribution in [3.05, 3.63) is 0 Å². The zero-order valence-electron chi connectivity index (χ0n) is 37.2. The van der Waals surface area contributed by atoms with Gasteiger partial charge in [-0.2, -0.15) is 0 Å². The molecule has 0 aromatic rings. The maximum Gasteiger partial charge on any atom is 0.249 e. The van der Waals surface area contributed by atoms with Gasteiger partial charge in [-0.1, -0.05) is 264 Å². The van der Waals surface area contributed by atoms with Crippen LogP contribution in [0.4, 0.5) is 0 Å². The fourth-order valence-electron chi connectivity index (χ4n) is 8.11. The molecule has 0 heterocycles. The van der Waals surface area contributed by atoms with E-state index in [0.29, 0.717) is 12.8 Å². The van der Waals surface area contributed by atoms with Gasteiger partial charge in [0, 0.05) is 0 Å². The number of unbranched alkanes of at least 4 members (excludes halogenated alkanes) is 37. The quantitative estimate of drug-likeness (QED) is 0.0395. The summed E-state index contributed by atoms with van der Waals surface area (Å²) in [6.07, 6.45) is 48.6. The summed E-state index contributed by atoms with van der Waals surface area (Å²) < 4.78 is 0. The molecule has 0 aliphatic carbocycles. The van der Waals surface area contributed by atoms with Crippen molar-refractivity contribution in [3.8, 4) is 0 Å². The second kappa shape index (κ2) is 44.4. The van der Waals surface area contributed by atoms with Gasteiger partial charge in [0.25, 0.3) is 0 Å². The number of nitrogens with one attached hydrogen (secondary N) is 1. The smallest absolute Gasteiger partial charge is 0.249 e. The van der Waals surface area contributed by atoms with Gasteiger partial charge in [0.1, 0.15) is 12.2 Å². The summed E-state index contributed by atoms with van der Waals surface area (Å²) in [4.78, 5) is 12.5. The predicted molar refractivity (Wildman–Crippen MR) is 238 cm³/mol. The van der Waals surface area contributed by atoms with E-state index in [2.05, 4.69) is 19.2 Å². The van der Waals surface area contributed by atoms with Crippen LogP contribution < -0.4 is 5.32 Å². The van der Waals surface area contributed by atoms with Crippen LogP contribution in [-0.2, 0) is 4.79 Å². The molecule has 330 valence electrons. The third-order valence-corrected chi connectivity index (χ3v) is 12.1. The maximum atomic E-state index is 12.5. The summed E-state index contributed by atoms with van der Waals surface area (Å²) in [5.74, 6) is -0.577. The van der Waals surface area contributed by atoms with Crippen molar-refractivity contribution in [2.75, 3.05) is 6.61 Å². The van der Waals surface area contributed by atoms with Crippen molar-refractivity contribution in [1.29, 1.82) is 0 Å². The number of hydrogen-bond donors (Lipinski definition) is 5. The monoisotopic (exact) mass is 782 g/mol. The fraction of sp³-hybridized carbons (Fsp3) is 0.980. The molecule has 0 aromatic heterocycles. The molecule has 0 aliphatic heterocycles. The first-order valence-corrected chi connectivity index (χ1v) is 24.9. The SMILES string of the molecule is CCCCCCCCCCCCCCCCCCCCCCCC(O)C(O)C(CO)NC(=O)C(O)CCCCCCCCCCCCCCCCCCCC. The lowest BCUT2D eigenvalue weighted by Gasteiger charge is -2.27. The first kappa shape index (κ1) is 54.3. The highest BCUT2D eigenvalue weighted by Gasteiger charge is 2.28. The number of carbonyl (C=O) groups is 1. The molecule has 0 aromatic carbocycles. The lowest BCUT2D eigenvalue weighted by molar-refractivity contribution is -0.132. The van der Waals surface area contributed by atoms with Crippen LogP contribution >= 0.6 is 0 Å². The van der Waals surface area contributed by atoms with E-state index >= 15 is 0 Å². The average molecular weight is 782 g/mol. The van der Waals surface area contributed by atoms with Crippen molar-refractivity contribution in [2.24, 2.45) is 0 Å². The summed E-state index contributed by atoms with van der Waals surface area (Å²) >= 11 is 0. The number of carbonyl (C=O) groups excluding carboxylic acids is 1.